The average molecular weight is 677 g/mol. The molecule has 10 rings (SSSR count). The molecule has 1 nitrogen and oxygen atoms in total. The van der Waals surface area contributed by atoms with E-state index in [0.29, 0.717) is 17.1 Å². The van der Waals surface area contributed by atoms with Crippen molar-refractivity contribution >= 4 is 54.1 Å². The number of allylic oxidation sites excluding steroid dienone is 8. The number of rotatable bonds is 5. The molecule has 1 radical (unpaired) electrons. The lowest BCUT2D eigenvalue weighted by molar-refractivity contribution is 0.854. The van der Waals surface area contributed by atoms with Gasteiger partial charge in [-0.15, -0.1) is 11.8 Å². The predicted molar refractivity (Wildman–Crippen MR) is 217 cm³/mol. The first-order valence-electron chi connectivity index (χ1n) is 18.0. The lowest BCUT2D eigenvalue weighted by Gasteiger charge is -2.29. The topological polar surface area (TPSA) is 3.24 Å². The maximum absolute atomic E-state index is 2.54. The molecule has 3 heteroatoms. The Hall–Kier alpha value is -4.83. The van der Waals surface area contributed by atoms with E-state index in [1.165, 1.54) is 71.7 Å². The van der Waals surface area contributed by atoms with E-state index in [2.05, 4.69) is 181 Å². The maximum Gasteiger partial charge on any atom is 0.120 e. The highest BCUT2D eigenvalue weighted by Gasteiger charge is 2.39. The van der Waals surface area contributed by atoms with Gasteiger partial charge < -0.3 is 4.90 Å². The summed E-state index contributed by atoms with van der Waals surface area (Å²) in [5.74, 6) is 0.873. The molecule has 5 aliphatic rings. The zero-order chi connectivity index (χ0) is 33.2. The molecule has 0 aromatic heterocycles. The summed E-state index contributed by atoms with van der Waals surface area (Å²) in [6.07, 6.45) is 26.1. The zero-order valence-corrected chi connectivity index (χ0v) is 30.0. The molecule has 241 valence electrons. The zero-order valence-electron chi connectivity index (χ0n) is 28.2. The quantitative estimate of drug-likeness (QED) is 0.171. The third-order valence-electron chi connectivity index (χ3n) is 11.2. The van der Waals surface area contributed by atoms with Crippen LogP contribution >= 0.6 is 11.8 Å². The minimum atomic E-state index is -0.918. The molecule has 0 fully saturated rings. The van der Waals surface area contributed by atoms with Gasteiger partial charge in [0.05, 0.1) is 5.69 Å². The summed E-state index contributed by atoms with van der Waals surface area (Å²) in [6.45, 7) is 2.49. The van der Waals surface area contributed by atoms with Gasteiger partial charge in [-0.25, -0.2) is 0 Å². The van der Waals surface area contributed by atoms with Crippen LogP contribution in [0, 0.1) is 0 Å². The van der Waals surface area contributed by atoms with Crippen LogP contribution in [0.25, 0.3) is 28.3 Å². The largest absolute Gasteiger partial charge is 0.310 e. The third-order valence-corrected chi connectivity index (χ3v) is 15.1. The van der Waals surface area contributed by atoms with Crippen molar-refractivity contribution in [2.24, 2.45) is 0 Å². The first kappa shape index (κ1) is 30.0. The monoisotopic (exact) mass is 676 g/mol. The van der Waals surface area contributed by atoms with Crippen LogP contribution in [0.3, 0.4) is 0 Å². The summed E-state index contributed by atoms with van der Waals surface area (Å²) < 4.78 is 0. The van der Waals surface area contributed by atoms with Crippen molar-refractivity contribution in [1.29, 1.82) is 0 Å². The summed E-state index contributed by atoms with van der Waals surface area (Å²) in [7, 11) is -0.918. The summed E-state index contributed by atoms with van der Waals surface area (Å²) in [4.78, 5) is 4.03. The van der Waals surface area contributed by atoms with Crippen LogP contribution in [0.1, 0.15) is 46.9 Å². The molecule has 3 unspecified atom stereocenters. The van der Waals surface area contributed by atoms with Gasteiger partial charge in [-0.1, -0.05) is 128 Å². The van der Waals surface area contributed by atoms with Gasteiger partial charge in [-0.2, -0.15) is 0 Å². The molecular weight excluding hydrogens is 639 g/mol. The minimum absolute atomic E-state index is 0.424. The molecule has 0 amide bonds. The van der Waals surface area contributed by atoms with Crippen LogP contribution in [0.5, 0.6) is 0 Å². The lowest BCUT2D eigenvalue weighted by atomic mass is 9.90. The van der Waals surface area contributed by atoms with Gasteiger partial charge in [0, 0.05) is 38.9 Å². The Bertz CT molecular complexity index is 2320. The van der Waals surface area contributed by atoms with Gasteiger partial charge in [0.1, 0.15) is 8.80 Å². The molecule has 0 saturated carbocycles. The first-order valence-corrected chi connectivity index (χ1v) is 20.9. The molecule has 0 bridgehead atoms. The highest BCUT2D eigenvalue weighted by atomic mass is 32.2. The fourth-order valence-electron chi connectivity index (χ4n) is 8.67. The normalized spacial score (nSPS) is 20.7. The van der Waals surface area contributed by atoms with Crippen LogP contribution in [-0.2, 0) is 6.42 Å². The molecule has 5 aromatic rings. The fourth-order valence-corrected chi connectivity index (χ4v) is 12.5. The van der Waals surface area contributed by atoms with Crippen molar-refractivity contribution in [3.63, 3.8) is 0 Å². The van der Waals surface area contributed by atoms with Gasteiger partial charge in [0.15, 0.2) is 0 Å². The van der Waals surface area contributed by atoms with Crippen molar-refractivity contribution in [3.8, 4) is 22.3 Å². The van der Waals surface area contributed by atoms with Gasteiger partial charge in [0.25, 0.3) is 0 Å². The van der Waals surface area contributed by atoms with Gasteiger partial charge in [-0.05, 0) is 105 Å². The van der Waals surface area contributed by atoms with Crippen molar-refractivity contribution in [2.75, 3.05) is 4.90 Å². The summed E-state index contributed by atoms with van der Waals surface area (Å²) >= 11 is 2.07. The van der Waals surface area contributed by atoms with Crippen LogP contribution in [0.15, 0.2) is 157 Å². The van der Waals surface area contributed by atoms with E-state index in [1.54, 1.807) is 5.19 Å². The lowest BCUT2D eigenvalue weighted by Crippen LogP contribution is -2.34. The van der Waals surface area contributed by atoms with Crippen molar-refractivity contribution in [1.82, 2.24) is 0 Å². The van der Waals surface area contributed by atoms with E-state index in [-0.39, 0.29) is 0 Å². The second-order valence-electron chi connectivity index (χ2n) is 14.1. The number of thioether (sulfide) groups is 1. The van der Waals surface area contributed by atoms with Crippen molar-refractivity contribution in [2.45, 2.75) is 47.8 Å². The smallest absolute Gasteiger partial charge is 0.120 e. The average Bonchev–Trinajstić information content (AvgIpc) is 3.71. The van der Waals surface area contributed by atoms with Crippen LogP contribution in [0.2, 0.25) is 6.55 Å². The van der Waals surface area contributed by atoms with Crippen molar-refractivity contribution < 1.29 is 0 Å². The Labute approximate surface area is 301 Å². The first-order chi connectivity index (χ1) is 24.7. The third kappa shape index (κ3) is 4.90. The number of benzene rings is 5. The Balaban J connectivity index is 1.15. The minimum Gasteiger partial charge on any atom is -0.310 e. The number of fused-ring (bicyclic) bond motifs is 8. The second kappa shape index (κ2) is 12.2. The molecule has 2 heterocycles. The SMILES string of the molecule is C[Si]1c2cccc(N(c3ccc(C4C=CC=CC4)cc3)c3cccc(-c4ccc5c(c4)C=CCC5)c3)c2-c2c1ccc1c2SC2C=CC=CC12. The Morgan fingerprint density at radius 3 is 2.44 bits per heavy atom. The summed E-state index contributed by atoms with van der Waals surface area (Å²) in [5, 5.41) is 3.55. The van der Waals surface area contributed by atoms with Crippen LogP contribution in [0.4, 0.5) is 17.1 Å². The van der Waals surface area contributed by atoms with Gasteiger partial charge in [0.2, 0.25) is 0 Å². The van der Waals surface area contributed by atoms with E-state index in [0.717, 1.165) is 19.3 Å². The highest BCUT2D eigenvalue weighted by Crippen LogP contribution is 2.54. The molecule has 0 saturated heterocycles. The predicted octanol–water partition coefficient (Wildman–Crippen LogP) is 11.3. The Morgan fingerprint density at radius 1 is 0.700 bits per heavy atom. The van der Waals surface area contributed by atoms with E-state index in [1.807, 2.05) is 0 Å². The standard InChI is InChI=1S/C47H38NSSi/c1-50-43-20-10-18-41(45(43)46-44(50)28-27-40-39-17-7-8-19-42(39)49-47(40)46)48(37-25-23-33(24-26-37)31-11-3-2-4-12-31)38-16-9-15-35(30-38)36-22-21-32-13-5-6-14-34(32)29-36/h2-4,6-11,14-31,39,42H,5,12-13H2,1H3. The number of hydrogen-bond donors (Lipinski definition) is 0. The van der Waals surface area contributed by atoms with E-state index < -0.39 is 8.80 Å². The highest BCUT2D eigenvalue weighted by molar-refractivity contribution is 8.00. The van der Waals surface area contributed by atoms with Crippen LogP contribution < -0.4 is 15.3 Å². The van der Waals surface area contributed by atoms with E-state index >= 15 is 0 Å². The molecule has 0 N–H and O–H groups in total. The molecule has 50 heavy (non-hydrogen) atoms. The Morgan fingerprint density at radius 2 is 1.54 bits per heavy atom. The molecule has 2 aliphatic heterocycles. The van der Waals surface area contributed by atoms with Crippen molar-refractivity contribution in [3.05, 3.63) is 174 Å². The maximum atomic E-state index is 2.54. The molecule has 5 aromatic carbocycles. The van der Waals surface area contributed by atoms with Gasteiger partial charge >= 0.3 is 0 Å². The second-order valence-corrected chi connectivity index (χ2v) is 17.6. The summed E-state index contributed by atoms with van der Waals surface area (Å²) in [5.41, 5.74) is 14.8. The fraction of sp³-hybridized carbons (Fsp3) is 0.149. The van der Waals surface area contributed by atoms with E-state index in [4.69, 9.17) is 0 Å². The molecule has 3 aliphatic carbocycles. The number of nitrogens with zero attached hydrogens (tertiary/aromatic N) is 1. The summed E-state index contributed by atoms with van der Waals surface area (Å²) in [6, 6.07) is 37.6. The number of anilines is 3. The Kier molecular flexibility index (Phi) is 7.32. The van der Waals surface area contributed by atoms with Gasteiger partial charge in [-0.3, -0.25) is 0 Å². The van der Waals surface area contributed by atoms with E-state index in [9.17, 15) is 0 Å². The number of aryl methyl sites for hydroxylation is 1. The number of hydrogen-bond acceptors (Lipinski definition) is 2. The van der Waals surface area contributed by atoms with Crippen LogP contribution in [-0.4, -0.2) is 14.0 Å². The molecule has 0 spiro atoms. The molecule has 3 atom stereocenters. The molecular formula is C47H38NSSi.